The fourth-order valence-electron chi connectivity index (χ4n) is 0.783. The third-order valence-corrected chi connectivity index (χ3v) is 2.01. The van der Waals surface area contributed by atoms with E-state index in [9.17, 15) is 4.79 Å². The highest BCUT2D eigenvalue weighted by atomic mass is 79.9. The first-order chi connectivity index (χ1) is 5.75. The minimum absolute atomic E-state index is 0.329. The normalized spacial score (nSPS) is 8.75. The van der Waals surface area contributed by atoms with Gasteiger partial charge in [-0.1, -0.05) is 28.1 Å². The van der Waals surface area contributed by atoms with Crippen molar-refractivity contribution in [1.29, 1.82) is 0 Å². The summed E-state index contributed by atoms with van der Waals surface area (Å²) in [7, 11) is 0. The molecule has 0 bridgehead atoms. The predicted molar refractivity (Wildman–Crippen MR) is 48.2 cm³/mol. The molecule has 0 aliphatic rings. The molecule has 60 valence electrons. The molecule has 0 radical (unpaired) electrons. The van der Waals surface area contributed by atoms with E-state index in [1.807, 2.05) is 0 Å². The topological polar surface area (TPSA) is 53.5 Å². The highest BCUT2D eigenvalue weighted by Gasteiger charge is 2.09. The van der Waals surface area contributed by atoms with Gasteiger partial charge in [0.15, 0.2) is 0 Å². The molecule has 0 aliphatic carbocycles. The average molecular weight is 225 g/mol. The van der Waals surface area contributed by atoms with Crippen LogP contribution in [-0.4, -0.2) is 16.8 Å². The lowest BCUT2D eigenvalue weighted by molar-refractivity contribution is 0.00234. The molecule has 0 saturated heterocycles. The number of rotatable bonds is 2. The van der Waals surface area contributed by atoms with E-state index in [-0.39, 0.29) is 5.78 Å². The Balaban J connectivity index is 3.11. The number of halogens is 1. The summed E-state index contributed by atoms with van der Waals surface area (Å²) >= 11 is 3.20. The molecule has 0 aromatic heterocycles. The van der Waals surface area contributed by atoms with Gasteiger partial charge in [0.05, 0.1) is 0 Å². The summed E-state index contributed by atoms with van der Waals surface area (Å²) in [5.74, 6) is -0.329. The van der Waals surface area contributed by atoms with E-state index in [2.05, 4.69) is 20.7 Å². The number of carbonyl (C=O) groups excluding carboxylic acids is 1. The van der Waals surface area contributed by atoms with Crippen molar-refractivity contribution in [3.8, 4) is 0 Å². The molecule has 0 atom stereocenters. The van der Waals surface area contributed by atoms with Crippen LogP contribution in [0, 0.1) is 0 Å². The zero-order valence-corrected chi connectivity index (χ0v) is 7.65. The van der Waals surface area contributed by atoms with E-state index in [0.29, 0.717) is 10.0 Å². The van der Waals surface area contributed by atoms with Gasteiger partial charge in [0.1, 0.15) is 0 Å². The lowest BCUT2D eigenvalue weighted by Gasteiger charge is -1.94. The van der Waals surface area contributed by atoms with Crippen LogP contribution in [0.5, 0.6) is 0 Å². The number of Topliss-reactive ketones (excluding diaryl/α,β-unsaturated/α-hetero) is 1. The second kappa shape index (κ2) is 3.95. The maximum Gasteiger partial charge on any atom is 0.328 e. The van der Waals surface area contributed by atoms with Crippen molar-refractivity contribution in [3.63, 3.8) is 0 Å². The Hall–Kier alpha value is -1.25. The minimum Gasteiger partial charge on any atom is -0.361 e. The van der Waals surface area contributed by atoms with Crippen LogP contribution in [0.2, 0.25) is 0 Å². The van der Waals surface area contributed by atoms with E-state index in [0.717, 1.165) is 6.21 Å². The van der Waals surface area contributed by atoms with Crippen LogP contribution < -0.4 is 0 Å². The summed E-state index contributed by atoms with van der Waals surface area (Å²) in [6.07, 6.45) is 0.861. The molecule has 0 saturated carbocycles. The smallest absolute Gasteiger partial charge is 0.328 e. The number of nitrogens with zero attached hydrogens (tertiary/aromatic N) is 2. The van der Waals surface area contributed by atoms with Gasteiger partial charge in [-0.2, -0.15) is 4.79 Å². The first kappa shape index (κ1) is 8.84. The Morgan fingerprint density at radius 2 is 2.17 bits per heavy atom. The molecule has 0 amide bonds. The Labute approximate surface area is 77.8 Å². The van der Waals surface area contributed by atoms with Gasteiger partial charge in [-0.25, -0.2) is 0 Å². The zero-order chi connectivity index (χ0) is 8.97. The van der Waals surface area contributed by atoms with E-state index in [4.69, 9.17) is 5.53 Å². The third-order valence-electron chi connectivity index (χ3n) is 1.31. The van der Waals surface area contributed by atoms with Gasteiger partial charge in [0.25, 0.3) is 5.78 Å². The Bertz CT molecular complexity index is 356. The van der Waals surface area contributed by atoms with Gasteiger partial charge in [-0.15, -0.1) is 0 Å². The monoisotopic (exact) mass is 224 g/mol. The quantitative estimate of drug-likeness (QED) is 0.328. The lowest BCUT2D eigenvalue weighted by atomic mass is 10.1. The molecule has 0 fully saturated rings. The van der Waals surface area contributed by atoms with Gasteiger partial charge in [0.2, 0.25) is 0 Å². The second-order valence-electron chi connectivity index (χ2n) is 2.09. The second-order valence-corrected chi connectivity index (χ2v) is 2.94. The fraction of sp³-hybridized carbons (Fsp3) is 0. The number of carbonyl (C=O) groups is 1. The first-order valence-electron chi connectivity index (χ1n) is 3.22. The predicted octanol–water partition coefficient (Wildman–Crippen LogP) is 1.93. The summed E-state index contributed by atoms with van der Waals surface area (Å²) < 4.78 is 0.690. The van der Waals surface area contributed by atoms with Crippen LogP contribution in [0.3, 0.4) is 0 Å². The molecule has 1 rings (SSSR count). The standard InChI is InChI=1S/C8H5BrN2O/c9-7-4-2-1-3-6(7)8(12)5-11-10/h1-5H. The van der Waals surface area contributed by atoms with Gasteiger partial charge < -0.3 is 5.53 Å². The van der Waals surface area contributed by atoms with Crippen LogP contribution in [0.1, 0.15) is 10.4 Å². The van der Waals surface area contributed by atoms with Crippen molar-refractivity contribution < 1.29 is 9.58 Å². The van der Waals surface area contributed by atoms with Crippen LogP contribution in [0.25, 0.3) is 5.53 Å². The van der Waals surface area contributed by atoms with Crippen molar-refractivity contribution in [3.05, 3.63) is 39.8 Å². The van der Waals surface area contributed by atoms with E-state index >= 15 is 0 Å². The molecular formula is C8H5BrN2O. The fourth-order valence-corrected chi connectivity index (χ4v) is 1.26. The van der Waals surface area contributed by atoms with Gasteiger partial charge >= 0.3 is 6.21 Å². The van der Waals surface area contributed by atoms with Crippen LogP contribution >= 0.6 is 15.9 Å². The lowest BCUT2D eigenvalue weighted by Crippen LogP contribution is -2.01. The number of hydrogen-bond donors (Lipinski definition) is 0. The summed E-state index contributed by atoms with van der Waals surface area (Å²) in [6.45, 7) is 0. The summed E-state index contributed by atoms with van der Waals surface area (Å²) in [4.78, 5) is 13.8. The largest absolute Gasteiger partial charge is 0.361 e. The average Bonchev–Trinajstić information content (AvgIpc) is 2.05. The van der Waals surface area contributed by atoms with Crippen LogP contribution in [-0.2, 0) is 0 Å². The van der Waals surface area contributed by atoms with E-state index < -0.39 is 0 Å². The number of benzene rings is 1. The van der Waals surface area contributed by atoms with Crippen molar-refractivity contribution in [2.24, 2.45) is 0 Å². The molecule has 0 spiro atoms. The molecule has 0 unspecified atom stereocenters. The van der Waals surface area contributed by atoms with Crippen LogP contribution in [0.15, 0.2) is 28.7 Å². The maximum absolute atomic E-state index is 11.1. The van der Waals surface area contributed by atoms with Crippen molar-refractivity contribution in [1.82, 2.24) is 0 Å². The molecule has 4 heteroatoms. The number of ketones is 1. The molecule has 1 aromatic rings. The molecule has 0 N–H and O–H groups in total. The molecule has 0 heterocycles. The van der Waals surface area contributed by atoms with Crippen LogP contribution in [0.4, 0.5) is 0 Å². The Morgan fingerprint density at radius 1 is 1.50 bits per heavy atom. The van der Waals surface area contributed by atoms with Crippen molar-refractivity contribution in [2.75, 3.05) is 0 Å². The first-order valence-corrected chi connectivity index (χ1v) is 4.01. The van der Waals surface area contributed by atoms with E-state index in [1.54, 1.807) is 24.3 Å². The Morgan fingerprint density at radius 3 is 2.75 bits per heavy atom. The van der Waals surface area contributed by atoms with Gasteiger partial charge in [-0.05, 0) is 12.1 Å². The number of hydrogen-bond acceptors (Lipinski definition) is 1. The molecule has 0 aliphatic heterocycles. The summed E-state index contributed by atoms with van der Waals surface area (Å²) in [5.41, 5.74) is 8.60. The van der Waals surface area contributed by atoms with Crippen molar-refractivity contribution in [2.45, 2.75) is 0 Å². The zero-order valence-electron chi connectivity index (χ0n) is 6.07. The van der Waals surface area contributed by atoms with Gasteiger partial charge in [0, 0.05) is 10.0 Å². The third kappa shape index (κ3) is 1.87. The SMILES string of the molecule is [N-]=[N+]=CC(=O)c1ccccc1Br. The summed E-state index contributed by atoms with van der Waals surface area (Å²) in [6, 6.07) is 6.94. The molecule has 3 nitrogen and oxygen atoms in total. The minimum atomic E-state index is -0.329. The summed E-state index contributed by atoms with van der Waals surface area (Å²) in [5, 5.41) is 0. The molecular weight excluding hydrogens is 220 g/mol. The highest BCUT2D eigenvalue weighted by molar-refractivity contribution is 9.10. The Kier molecular flexibility index (Phi) is 2.91. The molecule has 12 heavy (non-hydrogen) atoms. The molecule has 1 aromatic carbocycles. The van der Waals surface area contributed by atoms with Gasteiger partial charge in [-0.3, -0.25) is 4.79 Å². The van der Waals surface area contributed by atoms with Crippen molar-refractivity contribution >= 4 is 27.9 Å². The highest BCUT2D eigenvalue weighted by Crippen LogP contribution is 2.15. The maximum atomic E-state index is 11.1. The van der Waals surface area contributed by atoms with E-state index in [1.165, 1.54) is 0 Å².